The molecule has 0 aromatic heterocycles. The fraction of sp³-hybridized carbons (Fsp3) is 0.409. The van der Waals surface area contributed by atoms with Crippen LogP contribution in [0.15, 0.2) is 47.4 Å². The molecule has 1 amide bonds. The lowest BCUT2D eigenvalue weighted by Crippen LogP contribution is -2.32. The molecule has 0 aliphatic rings. The number of sulfonamides is 1. The van der Waals surface area contributed by atoms with E-state index in [1.165, 1.54) is 35.6 Å². The van der Waals surface area contributed by atoms with Crippen molar-refractivity contribution in [2.24, 2.45) is 0 Å². The Morgan fingerprint density at radius 2 is 1.83 bits per heavy atom. The molecule has 2 aromatic carbocycles. The largest absolute Gasteiger partial charge is 0.494 e. The molecule has 0 spiro atoms. The van der Waals surface area contributed by atoms with Gasteiger partial charge in [-0.05, 0) is 62.7 Å². The Kier molecular flexibility index (Phi) is 8.70. The second kappa shape index (κ2) is 10.8. The van der Waals surface area contributed by atoms with Crippen LogP contribution in [0.4, 0.5) is 0 Å². The number of halogens is 1. The van der Waals surface area contributed by atoms with E-state index in [-0.39, 0.29) is 23.4 Å². The molecule has 164 valence electrons. The number of nitrogens with zero attached hydrogens (tertiary/aromatic N) is 1. The smallest absolute Gasteiger partial charge is 0.251 e. The molecule has 0 saturated carbocycles. The van der Waals surface area contributed by atoms with E-state index in [1.807, 2.05) is 13.8 Å². The Bertz CT molecular complexity index is 962. The third kappa shape index (κ3) is 6.20. The topological polar surface area (TPSA) is 75.7 Å². The van der Waals surface area contributed by atoms with Gasteiger partial charge in [0.25, 0.3) is 5.91 Å². The summed E-state index contributed by atoms with van der Waals surface area (Å²) >= 11 is 5.87. The van der Waals surface area contributed by atoms with Crippen molar-refractivity contribution in [2.45, 2.75) is 51.1 Å². The number of ether oxygens (including phenoxy) is 1. The van der Waals surface area contributed by atoms with Crippen LogP contribution in [-0.2, 0) is 16.6 Å². The van der Waals surface area contributed by atoms with Crippen LogP contribution < -0.4 is 10.1 Å². The van der Waals surface area contributed by atoms with Crippen LogP contribution >= 0.6 is 11.6 Å². The van der Waals surface area contributed by atoms with Gasteiger partial charge < -0.3 is 10.1 Å². The number of amides is 1. The molecule has 0 fully saturated rings. The van der Waals surface area contributed by atoms with Crippen molar-refractivity contribution in [1.29, 1.82) is 0 Å². The predicted octanol–water partition coefficient (Wildman–Crippen LogP) is 4.48. The van der Waals surface area contributed by atoms with Gasteiger partial charge in [-0.15, -0.1) is 0 Å². The van der Waals surface area contributed by atoms with Crippen LogP contribution in [0.5, 0.6) is 5.75 Å². The van der Waals surface area contributed by atoms with Crippen molar-refractivity contribution in [3.63, 3.8) is 0 Å². The van der Waals surface area contributed by atoms with E-state index in [0.717, 1.165) is 12.8 Å². The fourth-order valence-electron chi connectivity index (χ4n) is 3.06. The Balaban J connectivity index is 2.29. The van der Waals surface area contributed by atoms with Gasteiger partial charge in [0.15, 0.2) is 0 Å². The van der Waals surface area contributed by atoms with Gasteiger partial charge in [0, 0.05) is 35.8 Å². The molecule has 2 rings (SSSR count). The summed E-state index contributed by atoms with van der Waals surface area (Å²) in [5, 5.41) is 3.43. The SMILES string of the molecule is CCC[C@@H](C)NC(=O)c1ccc(OCC)c(CN(C)S(=O)(=O)c2ccc(Cl)cc2)c1. The highest BCUT2D eigenvalue weighted by molar-refractivity contribution is 7.89. The van der Waals surface area contributed by atoms with Crippen molar-refractivity contribution in [3.8, 4) is 5.75 Å². The molecule has 0 heterocycles. The van der Waals surface area contributed by atoms with Crippen molar-refractivity contribution < 1.29 is 17.9 Å². The van der Waals surface area contributed by atoms with Crippen LogP contribution in [0.25, 0.3) is 0 Å². The average molecular weight is 453 g/mol. The fourth-order valence-corrected chi connectivity index (χ4v) is 4.34. The van der Waals surface area contributed by atoms with Crippen molar-refractivity contribution in [3.05, 3.63) is 58.6 Å². The van der Waals surface area contributed by atoms with Gasteiger partial charge in [0.2, 0.25) is 10.0 Å². The van der Waals surface area contributed by atoms with Crippen LogP contribution in [0.3, 0.4) is 0 Å². The first-order valence-electron chi connectivity index (χ1n) is 9.97. The lowest BCUT2D eigenvalue weighted by atomic mass is 10.1. The average Bonchev–Trinajstić information content (AvgIpc) is 2.69. The minimum Gasteiger partial charge on any atom is -0.494 e. The van der Waals surface area contributed by atoms with Gasteiger partial charge in [0.1, 0.15) is 5.75 Å². The summed E-state index contributed by atoms with van der Waals surface area (Å²) in [4.78, 5) is 12.7. The lowest BCUT2D eigenvalue weighted by molar-refractivity contribution is 0.0938. The summed E-state index contributed by atoms with van der Waals surface area (Å²) in [6.07, 6.45) is 1.86. The molecule has 1 atom stereocenters. The zero-order valence-electron chi connectivity index (χ0n) is 17.8. The van der Waals surface area contributed by atoms with Crippen LogP contribution in [0.2, 0.25) is 5.02 Å². The maximum Gasteiger partial charge on any atom is 0.251 e. The highest BCUT2D eigenvalue weighted by Crippen LogP contribution is 2.25. The molecule has 0 aliphatic carbocycles. The zero-order valence-corrected chi connectivity index (χ0v) is 19.4. The molecule has 0 saturated heterocycles. The second-order valence-electron chi connectivity index (χ2n) is 7.13. The number of hydrogen-bond donors (Lipinski definition) is 1. The van der Waals surface area contributed by atoms with E-state index >= 15 is 0 Å². The summed E-state index contributed by atoms with van der Waals surface area (Å²) in [6.45, 7) is 6.37. The quantitative estimate of drug-likeness (QED) is 0.576. The van der Waals surface area contributed by atoms with Crippen LogP contribution in [0.1, 0.15) is 49.5 Å². The monoisotopic (exact) mass is 452 g/mol. The van der Waals surface area contributed by atoms with Crippen LogP contribution in [0, 0.1) is 0 Å². The summed E-state index contributed by atoms with van der Waals surface area (Å²) in [5.74, 6) is 0.359. The molecule has 6 nitrogen and oxygen atoms in total. The highest BCUT2D eigenvalue weighted by Gasteiger charge is 2.23. The van der Waals surface area contributed by atoms with Crippen molar-refractivity contribution in [1.82, 2.24) is 9.62 Å². The summed E-state index contributed by atoms with van der Waals surface area (Å²) in [6, 6.07) is 11.2. The van der Waals surface area contributed by atoms with E-state index in [1.54, 1.807) is 18.2 Å². The van der Waals surface area contributed by atoms with E-state index in [2.05, 4.69) is 12.2 Å². The normalized spacial score (nSPS) is 12.6. The number of nitrogens with one attached hydrogen (secondary N) is 1. The standard InChI is InChI=1S/C22H29ClN2O4S/c1-5-7-16(3)24-22(26)17-8-13-21(29-6-2)18(14-17)15-25(4)30(27,28)20-11-9-19(23)10-12-20/h8-14,16H,5-7,15H2,1-4H3,(H,24,26)/t16-/m1/s1. The highest BCUT2D eigenvalue weighted by atomic mass is 35.5. The second-order valence-corrected chi connectivity index (χ2v) is 9.62. The first-order valence-corrected chi connectivity index (χ1v) is 11.8. The molecule has 0 bridgehead atoms. The van der Waals surface area contributed by atoms with E-state index in [0.29, 0.717) is 28.5 Å². The summed E-state index contributed by atoms with van der Waals surface area (Å²) < 4.78 is 32.7. The van der Waals surface area contributed by atoms with Gasteiger partial charge in [0.05, 0.1) is 11.5 Å². The number of hydrogen-bond acceptors (Lipinski definition) is 4. The Morgan fingerprint density at radius 3 is 2.43 bits per heavy atom. The summed E-state index contributed by atoms with van der Waals surface area (Å²) in [5.41, 5.74) is 1.08. The van der Waals surface area contributed by atoms with Gasteiger partial charge in [-0.1, -0.05) is 24.9 Å². The molecule has 8 heteroatoms. The van der Waals surface area contributed by atoms with Gasteiger partial charge in [-0.2, -0.15) is 4.31 Å². The van der Waals surface area contributed by atoms with Gasteiger partial charge >= 0.3 is 0 Å². The maximum atomic E-state index is 12.9. The van der Waals surface area contributed by atoms with E-state index < -0.39 is 10.0 Å². The molecule has 0 aliphatic heterocycles. The third-order valence-corrected chi connectivity index (χ3v) is 6.71. The first kappa shape index (κ1) is 24.2. The summed E-state index contributed by atoms with van der Waals surface area (Å²) in [7, 11) is -2.23. The molecule has 1 N–H and O–H groups in total. The third-order valence-electron chi connectivity index (χ3n) is 4.64. The molecular formula is C22H29ClN2O4S. The maximum absolute atomic E-state index is 12.9. The Morgan fingerprint density at radius 1 is 1.17 bits per heavy atom. The Labute approximate surface area is 184 Å². The number of carbonyl (C=O) groups is 1. The van der Waals surface area contributed by atoms with E-state index in [9.17, 15) is 13.2 Å². The van der Waals surface area contributed by atoms with Crippen molar-refractivity contribution >= 4 is 27.5 Å². The van der Waals surface area contributed by atoms with Crippen LogP contribution in [-0.4, -0.2) is 38.3 Å². The lowest BCUT2D eigenvalue weighted by Gasteiger charge is -2.20. The molecule has 0 unspecified atom stereocenters. The minimum atomic E-state index is -3.73. The number of rotatable bonds is 10. The predicted molar refractivity (Wildman–Crippen MR) is 120 cm³/mol. The van der Waals surface area contributed by atoms with Gasteiger partial charge in [-0.3, -0.25) is 4.79 Å². The van der Waals surface area contributed by atoms with Gasteiger partial charge in [-0.25, -0.2) is 8.42 Å². The Hall–Kier alpha value is -2.09. The molecule has 0 radical (unpaired) electrons. The molecule has 2 aromatic rings. The number of benzene rings is 2. The first-order chi connectivity index (χ1) is 14.2. The van der Waals surface area contributed by atoms with Crippen molar-refractivity contribution in [2.75, 3.05) is 13.7 Å². The zero-order chi connectivity index (χ0) is 22.3. The molecule has 30 heavy (non-hydrogen) atoms. The minimum absolute atomic E-state index is 0.0606. The number of carbonyl (C=O) groups excluding carboxylic acids is 1. The van der Waals surface area contributed by atoms with E-state index in [4.69, 9.17) is 16.3 Å². The molecular weight excluding hydrogens is 424 g/mol.